The van der Waals surface area contributed by atoms with E-state index in [-0.39, 0.29) is 18.0 Å². The monoisotopic (exact) mass is 518 g/mol. The molecule has 0 bridgehead atoms. The topological polar surface area (TPSA) is 140 Å². The summed E-state index contributed by atoms with van der Waals surface area (Å²) in [6, 6.07) is 14.5. The van der Waals surface area contributed by atoms with Crippen LogP contribution < -0.4 is 16.0 Å². The van der Waals surface area contributed by atoms with Gasteiger partial charge in [0, 0.05) is 46.2 Å². The standard InChI is InChI=1S/C27H26N4O5S/c1-15-12-17(24(32)29-13-18-4-3-5-21-20(18)10-11-28-21)7-8-19(15)25(33)31-22(27(35)36)14-30-26(34)23-9-6-16(2)37-23/h3-12,22,28H,13-14H2,1-2H3,(H,29,32)(H,30,34)(H,31,33)(H,35,36). The number of fused-ring (bicyclic) bond motifs is 1. The van der Waals surface area contributed by atoms with Crippen LogP contribution in [-0.2, 0) is 11.3 Å². The normalized spacial score (nSPS) is 11.6. The predicted molar refractivity (Wildman–Crippen MR) is 141 cm³/mol. The predicted octanol–water partition coefficient (Wildman–Crippen LogP) is 3.39. The average molecular weight is 519 g/mol. The lowest BCUT2D eigenvalue weighted by Crippen LogP contribution is -2.48. The Morgan fingerprint density at radius 2 is 1.76 bits per heavy atom. The summed E-state index contributed by atoms with van der Waals surface area (Å²) in [5, 5.41) is 18.4. The van der Waals surface area contributed by atoms with Crippen LogP contribution in [0.15, 0.2) is 60.8 Å². The smallest absolute Gasteiger partial charge is 0.328 e. The number of aromatic nitrogens is 1. The quantitative estimate of drug-likeness (QED) is 0.231. The highest BCUT2D eigenvalue weighted by Gasteiger charge is 2.23. The molecule has 0 fully saturated rings. The fraction of sp³-hybridized carbons (Fsp3) is 0.185. The van der Waals surface area contributed by atoms with Gasteiger partial charge in [0.2, 0.25) is 0 Å². The maximum Gasteiger partial charge on any atom is 0.328 e. The fourth-order valence-corrected chi connectivity index (χ4v) is 4.70. The van der Waals surface area contributed by atoms with Crippen LogP contribution >= 0.6 is 11.3 Å². The zero-order valence-corrected chi connectivity index (χ0v) is 21.1. The van der Waals surface area contributed by atoms with E-state index in [4.69, 9.17) is 0 Å². The molecule has 0 saturated carbocycles. The highest BCUT2D eigenvalue weighted by Crippen LogP contribution is 2.18. The van der Waals surface area contributed by atoms with Crippen molar-refractivity contribution < 1.29 is 24.3 Å². The van der Waals surface area contributed by atoms with E-state index in [0.717, 1.165) is 21.3 Å². The first-order chi connectivity index (χ1) is 17.7. The number of carbonyl (C=O) groups is 4. The number of amides is 3. The minimum absolute atomic E-state index is 0.236. The van der Waals surface area contributed by atoms with Crippen LogP contribution in [0.3, 0.4) is 0 Å². The minimum Gasteiger partial charge on any atom is -0.480 e. The highest BCUT2D eigenvalue weighted by molar-refractivity contribution is 7.13. The van der Waals surface area contributed by atoms with E-state index < -0.39 is 23.8 Å². The number of aliphatic carboxylic acids is 1. The number of H-pyrrole nitrogens is 1. The van der Waals surface area contributed by atoms with Crippen molar-refractivity contribution >= 4 is 45.9 Å². The molecule has 0 aliphatic carbocycles. The van der Waals surface area contributed by atoms with Crippen molar-refractivity contribution in [3.05, 3.63) is 92.8 Å². The molecule has 4 rings (SSSR count). The number of nitrogens with one attached hydrogen (secondary N) is 4. The van der Waals surface area contributed by atoms with Gasteiger partial charge in [0.15, 0.2) is 0 Å². The molecule has 2 heterocycles. The Morgan fingerprint density at radius 1 is 0.946 bits per heavy atom. The van der Waals surface area contributed by atoms with Gasteiger partial charge in [-0.05, 0) is 67.4 Å². The number of hydrogen-bond acceptors (Lipinski definition) is 5. The maximum atomic E-state index is 12.8. The van der Waals surface area contributed by atoms with Gasteiger partial charge in [-0.25, -0.2) is 4.79 Å². The molecule has 1 atom stereocenters. The van der Waals surface area contributed by atoms with Crippen molar-refractivity contribution in [2.45, 2.75) is 26.4 Å². The zero-order chi connectivity index (χ0) is 26.5. The number of carbonyl (C=O) groups excluding carboxylic acids is 3. The van der Waals surface area contributed by atoms with Crippen LogP contribution in [0.25, 0.3) is 10.9 Å². The molecular weight excluding hydrogens is 492 g/mol. The lowest BCUT2D eigenvalue weighted by Gasteiger charge is -2.16. The third-order valence-corrected chi connectivity index (χ3v) is 6.89. The molecule has 0 aliphatic heterocycles. The van der Waals surface area contributed by atoms with E-state index in [1.54, 1.807) is 25.1 Å². The summed E-state index contributed by atoms with van der Waals surface area (Å²) in [4.78, 5) is 54.0. The Morgan fingerprint density at radius 3 is 2.46 bits per heavy atom. The molecule has 0 radical (unpaired) electrons. The lowest BCUT2D eigenvalue weighted by atomic mass is 10.0. The molecule has 2 aromatic carbocycles. The maximum absolute atomic E-state index is 12.8. The summed E-state index contributed by atoms with van der Waals surface area (Å²) in [5.74, 6) is -2.59. The van der Waals surface area contributed by atoms with Crippen LogP contribution in [0.4, 0.5) is 0 Å². The van der Waals surface area contributed by atoms with Crippen molar-refractivity contribution in [1.82, 2.24) is 20.9 Å². The van der Waals surface area contributed by atoms with E-state index in [1.165, 1.54) is 23.5 Å². The first kappa shape index (κ1) is 25.6. The first-order valence-corrected chi connectivity index (χ1v) is 12.4. The molecule has 2 aromatic heterocycles. The van der Waals surface area contributed by atoms with Crippen LogP contribution in [0.1, 0.15) is 46.4 Å². The summed E-state index contributed by atoms with van der Waals surface area (Å²) >= 11 is 1.29. The third-order valence-electron chi connectivity index (χ3n) is 5.89. The number of rotatable bonds is 9. The van der Waals surface area contributed by atoms with E-state index in [0.29, 0.717) is 22.5 Å². The van der Waals surface area contributed by atoms with Gasteiger partial charge < -0.3 is 26.0 Å². The average Bonchev–Trinajstić information content (AvgIpc) is 3.53. The van der Waals surface area contributed by atoms with Gasteiger partial charge in [0.25, 0.3) is 17.7 Å². The summed E-state index contributed by atoms with van der Waals surface area (Å²) in [6.07, 6.45) is 1.84. The van der Waals surface area contributed by atoms with Crippen molar-refractivity contribution in [2.75, 3.05) is 6.54 Å². The van der Waals surface area contributed by atoms with Gasteiger partial charge in [-0.1, -0.05) is 12.1 Å². The van der Waals surface area contributed by atoms with Crippen LogP contribution in [0, 0.1) is 13.8 Å². The van der Waals surface area contributed by atoms with Crippen LogP contribution in [0.5, 0.6) is 0 Å². The Hall–Kier alpha value is -4.44. The molecule has 5 N–H and O–H groups in total. The van der Waals surface area contributed by atoms with Crippen LogP contribution in [-0.4, -0.2) is 46.4 Å². The highest BCUT2D eigenvalue weighted by atomic mass is 32.1. The van der Waals surface area contributed by atoms with E-state index in [1.807, 2.05) is 37.4 Å². The second kappa shape index (κ2) is 11.1. The molecule has 3 amide bonds. The fourth-order valence-electron chi connectivity index (χ4n) is 3.92. The number of carboxylic acid groups (broad SMARTS) is 1. The molecule has 0 saturated heterocycles. The molecule has 10 heteroatoms. The van der Waals surface area contributed by atoms with Gasteiger partial charge >= 0.3 is 5.97 Å². The van der Waals surface area contributed by atoms with E-state index in [9.17, 15) is 24.3 Å². The number of hydrogen-bond donors (Lipinski definition) is 5. The number of thiophene rings is 1. The SMILES string of the molecule is Cc1ccc(C(=O)NCC(NC(=O)c2ccc(C(=O)NCc3cccc4[nH]ccc34)cc2C)C(=O)O)s1. The minimum atomic E-state index is -1.32. The van der Waals surface area contributed by atoms with Crippen LogP contribution in [0.2, 0.25) is 0 Å². The molecule has 4 aromatic rings. The molecule has 0 spiro atoms. The second-order valence-corrected chi connectivity index (χ2v) is 9.84. The number of benzene rings is 2. The first-order valence-electron chi connectivity index (χ1n) is 11.5. The van der Waals surface area contributed by atoms with Gasteiger partial charge in [0.1, 0.15) is 6.04 Å². The van der Waals surface area contributed by atoms with Crippen molar-refractivity contribution in [3.63, 3.8) is 0 Å². The second-order valence-electron chi connectivity index (χ2n) is 8.55. The largest absolute Gasteiger partial charge is 0.480 e. The van der Waals surface area contributed by atoms with Gasteiger partial charge in [-0.15, -0.1) is 11.3 Å². The summed E-state index contributed by atoms with van der Waals surface area (Å²) < 4.78 is 0. The lowest BCUT2D eigenvalue weighted by molar-refractivity contribution is -0.139. The molecule has 37 heavy (non-hydrogen) atoms. The van der Waals surface area contributed by atoms with E-state index >= 15 is 0 Å². The Labute approximate surface area is 216 Å². The summed E-state index contributed by atoms with van der Waals surface area (Å²) in [7, 11) is 0. The molecule has 190 valence electrons. The number of aryl methyl sites for hydroxylation is 2. The zero-order valence-electron chi connectivity index (χ0n) is 20.3. The molecule has 1 unspecified atom stereocenters. The number of aromatic amines is 1. The molecule has 0 aliphatic rings. The Balaban J connectivity index is 1.37. The third kappa shape index (κ3) is 6.04. The summed E-state index contributed by atoms with van der Waals surface area (Å²) in [6.45, 7) is 3.60. The van der Waals surface area contributed by atoms with E-state index in [2.05, 4.69) is 20.9 Å². The van der Waals surface area contributed by atoms with Crippen molar-refractivity contribution in [3.8, 4) is 0 Å². The number of carboxylic acids is 1. The van der Waals surface area contributed by atoms with Crippen molar-refractivity contribution in [1.29, 1.82) is 0 Å². The van der Waals surface area contributed by atoms with Gasteiger partial charge in [-0.3, -0.25) is 14.4 Å². The molecule has 9 nitrogen and oxygen atoms in total. The van der Waals surface area contributed by atoms with Gasteiger partial charge in [-0.2, -0.15) is 0 Å². The Bertz CT molecular complexity index is 1490. The molecular formula is C27H26N4O5S. The summed E-state index contributed by atoms with van der Waals surface area (Å²) in [5.41, 5.74) is 3.09. The van der Waals surface area contributed by atoms with Gasteiger partial charge in [0.05, 0.1) is 4.88 Å². The Kier molecular flexibility index (Phi) is 7.69. The van der Waals surface area contributed by atoms with Crippen molar-refractivity contribution in [2.24, 2.45) is 0 Å².